The zero-order valence-electron chi connectivity index (χ0n) is 12.6. The molecule has 1 aromatic carbocycles. The summed E-state index contributed by atoms with van der Waals surface area (Å²) < 4.78 is 16.7. The van der Waals surface area contributed by atoms with E-state index in [9.17, 15) is 14.2 Å². The standard InChI is InChI=1S/C14H21N4O4P/c15-23(16,21)9-12-11(6-7-13(19)17-12)18-14(20)22-8-10-4-2-1-3-5-10/h1-5,11-12H,6-9H2,(H,17,19)(H,18,20)(H4,15,16,21)/t11-,12?/m0/s1. The highest BCUT2D eigenvalue weighted by atomic mass is 31.2. The van der Waals surface area contributed by atoms with Gasteiger partial charge in [0.2, 0.25) is 13.4 Å². The minimum Gasteiger partial charge on any atom is -0.445 e. The van der Waals surface area contributed by atoms with Gasteiger partial charge in [-0.3, -0.25) is 20.4 Å². The van der Waals surface area contributed by atoms with E-state index in [4.69, 9.17) is 15.7 Å². The van der Waals surface area contributed by atoms with Crippen LogP contribution < -0.4 is 21.6 Å². The molecule has 2 rings (SSSR count). The second-order valence-electron chi connectivity index (χ2n) is 5.56. The average molecular weight is 340 g/mol. The van der Waals surface area contributed by atoms with Gasteiger partial charge in [0.25, 0.3) is 0 Å². The lowest BCUT2D eigenvalue weighted by molar-refractivity contribution is -0.123. The highest BCUT2D eigenvalue weighted by molar-refractivity contribution is 7.59. The molecule has 0 bridgehead atoms. The number of hydrogen-bond donors (Lipinski definition) is 4. The number of carbonyl (C=O) groups is 2. The Hall–Kier alpha value is -1.89. The number of amides is 2. The molecule has 0 radical (unpaired) electrons. The van der Waals surface area contributed by atoms with Crippen molar-refractivity contribution in [3.63, 3.8) is 0 Å². The number of nitrogens with one attached hydrogen (secondary N) is 2. The first kappa shape index (κ1) is 17.5. The third-order valence-electron chi connectivity index (χ3n) is 3.51. The van der Waals surface area contributed by atoms with E-state index in [1.807, 2.05) is 30.3 Å². The van der Waals surface area contributed by atoms with Crippen molar-refractivity contribution in [2.24, 2.45) is 11.0 Å². The van der Waals surface area contributed by atoms with E-state index in [-0.39, 0.29) is 25.1 Å². The third-order valence-corrected chi connectivity index (χ3v) is 4.48. The molecule has 2 atom stereocenters. The molecule has 0 aromatic heterocycles. The first-order valence-corrected chi connectivity index (χ1v) is 9.29. The summed E-state index contributed by atoms with van der Waals surface area (Å²) in [7, 11) is -3.31. The van der Waals surface area contributed by atoms with Gasteiger partial charge in [-0.05, 0) is 12.0 Å². The van der Waals surface area contributed by atoms with Crippen molar-refractivity contribution in [3.8, 4) is 0 Å². The summed E-state index contributed by atoms with van der Waals surface area (Å²) in [6.07, 6.45) is -0.0114. The average Bonchev–Trinajstić information content (AvgIpc) is 2.47. The number of ether oxygens (including phenoxy) is 1. The van der Waals surface area contributed by atoms with E-state index in [2.05, 4.69) is 10.6 Å². The number of rotatable bonds is 5. The van der Waals surface area contributed by atoms with Gasteiger partial charge in [-0.25, -0.2) is 4.79 Å². The highest BCUT2D eigenvalue weighted by Crippen LogP contribution is 2.28. The maximum Gasteiger partial charge on any atom is 0.407 e. The normalized spacial score (nSPS) is 21.4. The van der Waals surface area contributed by atoms with Gasteiger partial charge in [0.05, 0.1) is 12.1 Å². The number of nitrogens with two attached hydrogens (primary N) is 2. The maximum atomic E-state index is 11.9. The van der Waals surface area contributed by atoms with Crippen LogP contribution in [0, 0.1) is 0 Å². The van der Waals surface area contributed by atoms with Crippen LogP contribution in [0.3, 0.4) is 0 Å². The maximum absolute atomic E-state index is 11.9. The number of alkyl carbamates (subject to hydrolysis) is 1. The van der Waals surface area contributed by atoms with Gasteiger partial charge in [0, 0.05) is 12.6 Å². The Morgan fingerprint density at radius 1 is 1.35 bits per heavy atom. The fourth-order valence-corrected chi connectivity index (χ4v) is 3.40. The Morgan fingerprint density at radius 3 is 2.70 bits per heavy atom. The molecule has 23 heavy (non-hydrogen) atoms. The molecule has 0 aliphatic carbocycles. The summed E-state index contributed by atoms with van der Waals surface area (Å²) in [5.74, 6) is -0.181. The lowest BCUT2D eigenvalue weighted by Crippen LogP contribution is -2.57. The molecule has 1 fully saturated rings. The quantitative estimate of drug-likeness (QED) is 0.582. The summed E-state index contributed by atoms with van der Waals surface area (Å²) >= 11 is 0. The fraction of sp³-hybridized carbons (Fsp3) is 0.429. The van der Waals surface area contributed by atoms with Gasteiger partial charge >= 0.3 is 6.09 Å². The monoisotopic (exact) mass is 340 g/mol. The molecule has 1 aliphatic heterocycles. The molecule has 1 unspecified atom stereocenters. The second-order valence-corrected chi connectivity index (χ2v) is 7.64. The van der Waals surface area contributed by atoms with Crippen LogP contribution in [0.25, 0.3) is 0 Å². The van der Waals surface area contributed by atoms with Crippen molar-refractivity contribution in [3.05, 3.63) is 35.9 Å². The first-order valence-electron chi connectivity index (χ1n) is 7.26. The molecule has 1 aliphatic rings. The molecule has 126 valence electrons. The second kappa shape index (κ2) is 7.59. The molecule has 1 saturated heterocycles. The predicted molar refractivity (Wildman–Crippen MR) is 85.6 cm³/mol. The number of carbonyl (C=O) groups excluding carboxylic acids is 2. The Kier molecular flexibility index (Phi) is 5.76. The number of hydrogen-bond acceptors (Lipinski definition) is 4. The molecule has 1 heterocycles. The molecule has 1 aromatic rings. The summed E-state index contributed by atoms with van der Waals surface area (Å²) in [5, 5.41) is 5.33. The Labute approximate surface area is 134 Å². The van der Waals surface area contributed by atoms with Crippen LogP contribution in [0.1, 0.15) is 18.4 Å². The zero-order chi connectivity index (χ0) is 16.9. The van der Waals surface area contributed by atoms with E-state index in [1.165, 1.54) is 0 Å². The van der Waals surface area contributed by atoms with Crippen LogP contribution in [-0.2, 0) is 20.7 Å². The van der Waals surface area contributed by atoms with Gasteiger partial charge in [-0.1, -0.05) is 30.3 Å². The summed E-state index contributed by atoms with van der Waals surface area (Å²) in [5.41, 5.74) is 11.6. The third kappa shape index (κ3) is 6.02. The van der Waals surface area contributed by atoms with Crippen LogP contribution in [0.5, 0.6) is 0 Å². The largest absolute Gasteiger partial charge is 0.445 e. The molecule has 2 amide bonds. The predicted octanol–water partition coefficient (Wildman–Crippen LogP) is 0.670. The molecule has 0 saturated carbocycles. The van der Waals surface area contributed by atoms with Crippen molar-refractivity contribution >= 4 is 19.4 Å². The molecular formula is C14H21N4O4P. The Morgan fingerprint density at radius 2 is 2.04 bits per heavy atom. The van der Waals surface area contributed by atoms with Crippen LogP contribution in [-0.4, -0.2) is 30.2 Å². The van der Waals surface area contributed by atoms with Crippen molar-refractivity contribution in [2.75, 3.05) is 6.16 Å². The summed E-state index contributed by atoms with van der Waals surface area (Å²) in [6.45, 7) is 0.142. The van der Waals surface area contributed by atoms with E-state index in [1.54, 1.807) is 0 Å². The van der Waals surface area contributed by atoms with Crippen molar-refractivity contribution in [1.82, 2.24) is 10.6 Å². The van der Waals surface area contributed by atoms with Crippen LogP contribution in [0.2, 0.25) is 0 Å². The van der Waals surface area contributed by atoms with Crippen LogP contribution in [0.4, 0.5) is 4.79 Å². The molecule has 0 spiro atoms. The number of piperidine rings is 1. The lowest BCUT2D eigenvalue weighted by atomic mass is 9.99. The van der Waals surface area contributed by atoms with Gasteiger partial charge in [-0.15, -0.1) is 0 Å². The summed E-state index contributed by atoms with van der Waals surface area (Å²) in [4.78, 5) is 23.4. The molecule has 9 heteroatoms. The smallest absolute Gasteiger partial charge is 0.407 e. The van der Waals surface area contributed by atoms with Crippen molar-refractivity contribution in [1.29, 1.82) is 0 Å². The number of benzene rings is 1. The lowest BCUT2D eigenvalue weighted by Gasteiger charge is -2.33. The molecule has 6 N–H and O–H groups in total. The van der Waals surface area contributed by atoms with E-state index in [0.29, 0.717) is 6.42 Å². The van der Waals surface area contributed by atoms with E-state index >= 15 is 0 Å². The van der Waals surface area contributed by atoms with E-state index < -0.39 is 25.6 Å². The zero-order valence-corrected chi connectivity index (χ0v) is 13.5. The summed E-state index contributed by atoms with van der Waals surface area (Å²) in [6, 6.07) is 8.27. The van der Waals surface area contributed by atoms with Gasteiger partial charge in [-0.2, -0.15) is 0 Å². The minimum atomic E-state index is -3.31. The SMILES string of the molecule is NP(N)(=O)CC1NC(=O)CC[C@@H]1NC(=O)OCc1ccccc1. The van der Waals surface area contributed by atoms with Gasteiger partial charge in [0.15, 0.2) is 0 Å². The highest BCUT2D eigenvalue weighted by Gasteiger charge is 2.33. The van der Waals surface area contributed by atoms with Gasteiger partial charge < -0.3 is 15.4 Å². The topological polar surface area (TPSA) is 137 Å². The van der Waals surface area contributed by atoms with Crippen LogP contribution in [0.15, 0.2) is 30.3 Å². The van der Waals surface area contributed by atoms with Crippen molar-refractivity contribution in [2.45, 2.75) is 31.5 Å². The minimum absolute atomic E-state index is 0.0810. The van der Waals surface area contributed by atoms with Crippen molar-refractivity contribution < 1.29 is 18.9 Å². The first-order chi connectivity index (χ1) is 10.8. The van der Waals surface area contributed by atoms with E-state index in [0.717, 1.165) is 5.56 Å². The van der Waals surface area contributed by atoms with Crippen LogP contribution >= 0.6 is 7.44 Å². The Balaban J connectivity index is 1.89. The molecule has 8 nitrogen and oxygen atoms in total. The molecular weight excluding hydrogens is 319 g/mol. The Bertz CT molecular complexity index is 604. The fourth-order valence-electron chi connectivity index (χ4n) is 2.44. The van der Waals surface area contributed by atoms with Gasteiger partial charge in [0.1, 0.15) is 6.61 Å².